The molecule has 2 rings (SSSR count). The third kappa shape index (κ3) is 2.75. The van der Waals surface area contributed by atoms with Crippen molar-refractivity contribution in [3.05, 3.63) is 34.8 Å². The summed E-state index contributed by atoms with van der Waals surface area (Å²) >= 11 is 3.13. The van der Waals surface area contributed by atoms with Crippen LogP contribution in [0.3, 0.4) is 0 Å². The Morgan fingerprint density at radius 2 is 2.31 bits per heavy atom. The lowest BCUT2D eigenvalue weighted by atomic mass is 10.4. The smallest absolute Gasteiger partial charge is 0.228 e. The third-order valence-electron chi connectivity index (χ3n) is 1.85. The summed E-state index contributed by atoms with van der Waals surface area (Å²) < 4.78 is 18.7. The highest BCUT2D eigenvalue weighted by molar-refractivity contribution is 9.10. The molecule has 0 saturated heterocycles. The molecule has 0 bridgehead atoms. The van der Waals surface area contributed by atoms with Crippen LogP contribution in [-0.2, 0) is 6.42 Å². The van der Waals surface area contributed by atoms with Crippen LogP contribution in [0.2, 0.25) is 0 Å². The number of halogens is 2. The van der Waals surface area contributed by atoms with E-state index in [9.17, 15) is 4.39 Å². The summed E-state index contributed by atoms with van der Waals surface area (Å²) in [5.41, 5.74) is 0. The van der Waals surface area contributed by atoms with E-state index in [4.69, 9.17) is 4.52 Å². The zero-order valence-electron chi connectivity index (χ0n) is 8.15. The molecule has 0 aliphatic carbocycles. The van der Waals surface area contributed by atoms with Gasteiger partial charge < -0.3 is 9.84 Å². The van der Waals surface area contributed by atoms with E-state index in [1.54, 1.807) is 0 Å². The first kappa shape index (κ1) is 11.0. The Bertz CT molecular complexity index is 463. The van der Waals surface area contributed by atoms with Crippen molar-refractivity contribution >= 4 is 21.7 Å². The lowest BCUT2D eigenvalue weighted by molar-refractivity contribution is 0.379. The van der Waals surface area contributed by atoms with Gasteiger partial charge in [0, 0.05) is 23.6 Å². The van der Waals surface area contributed by atoms with Crippen molar-refractivity contribution < 1.29 is 8.91 Å². The summed E-state index contributed by atoms with van der Waals surface area (Å²) in [6, 6.07) is 1.35. The maximum absolute atomic E-state index is 13.3. The molecule has 0 atom stereocenters. The Labute approximate surface area is 99.2 Å². The molecule has 5 nitrogen and oxygen atoms in total. The molecule has 0 unspecified atom stereocenters. The number of nitrogens with one attached hydrogen (secondary N) is 1. The van der Waals surface area contributed by atoms with Gasteiger partial charge in [-0.05, 0) is 22.0 Å². The lowest BCUT2D eigenvalue weighted by Gasteiger charge is -2.04. The van der Waals surface area contributed by atoms with Crippen LogP contribution in [0.4, 0.5) is 10.2 Å². The van der Waals surface area contributed by atoms with Gasteiger partial charge >= 0.3 is 0 Å². The van der Waals surface area contributed by atoms with Gasteiger partial charge in [-0.2, -0.15) is 4.98 Å². The van der Waals surface area contributed by atoms with E-state index in [-0.39, 0.29) is 5.82 Å². The summed E-state index contributed by atoms with van der Waals surface area (Å²) in [6.45, 7) is 0.480. The van der Waals surface area contributed by atoms with Crippen LogP contribution in [0, 0.1) is 5.82 Å². The second kappa shape index (κ2) is 5.02. The monoisotopic (exact) mass is 286 g/mol. The molecule has 7 heteroatoms. The second-order valence-electron chi connectivity index (χ2n) is 3.00. The van der Waals surface area contributed by atoms with E-state index >= 15 is 0 Å². The van der Waals surface area contributed by atoms with Crippen molar-refractivity contribution in [3.8, 4) is 0 Å². The highest BCUT2D eigenvalue weighted by Gasteiger charge is 2.04. The van der Waals surface area contributed by atoms with Crippen molar-refractivity contribution in [2.45, 2.75) is 6.42 Å². The first-order chi connectivity index (χ1) is 7.75. The zero-order valence-corrected chi connectivity index (χ0v) is 9.74. The predicted octanol–water partition coefficient (Wildman–Crippen LogP) is 2.02. The minimum Gasteiger partial charge on any atom is -0.367 e. The largest absolute Gasteiger partial charge is 0.367 e. The maximum atomic E-state index is 13.3. The predicted molar refractivity (Wildman–Crippen MR) is 58.4 cm³/mol. The van der Waals surface area contributed by atoms with Crippen LogP contribution in [0.15, 0.2) is 27.6 Å². The van der Waals surface area contributed by atoms with Gasteiger partial charge in [0.25, 0.3) is 0 Å². The van der Waals surface area contributed by atoms with E-state index in [2.05, 4.69) is 36.4 Å². The molecule has 84 valence electrons. The van der Waals surface area contributed by atoms with Crippen LogP contribution in [-0.4, -0.2) is 21.7 Å². The van der Waals surface area contributed by atoms with E-state index in [1.165, 1.54) is 18.6 Å². The Kier molecular flexibility index (Phi) is 3.45. The van der Waals surface area contributed by atoms with Gasteiger partial charge in [0.1, 0.15) is 0 Å². The molecule has 0 aliphatic heterocycles. The number of rotatable bonds is 4. The standard InChI is InChI=1S/C9H8BrFN4O/c10-6-3-7(11)9(13-4-6)12-2-1-8-14-5-15-16-8/h3-5H,1-2H2,(H,12,13). The van der Waals surface area contributed by atoms with Crippen LogP contribution in [0.1, 0.15) is 5.89 Å². The summed E-state index contributed by atoms with van der Waals surface area (Å²) in [5, 5.41) is 6.31. The number of anilines is 1. The number of hydrogen-bond donors (Lipinski definition) is 1. The van der Waals surface area contributed by atoms with Gasteiger partial charge in [-0.3, -0.25) is 0 Å². The molecular weight excluding hydrogens is 279 g/mol. The minimum absolute atomic E-state index is 0.211. The van der Waals surface area contributed by atoms with Crippen LogP contribution < -0.4 is 5.32 Å². The summed E-state index contributed by atoms with van der Waals surface area (Å²) in [6.07, 6.45) is 3.38. The molecule has 0 fully saturated rings. The first-order valence-corrected chi connectivity index (χ1v) is 5.35. The Balaban J connectivity index is 1.90. The van der Waals surface area contributed by atoms with E-state index in [0.29, 0.717) is 23.3 Å². The molecule has 0 spiro atoms. The van der Waals surface area contributed by atoms with E-state index in [0.717, 1.165) is 0 Å². The summed E-state index contributed by atoms with van der Waals surface area (Å²) in [7, 11) is 0. The van der Waals surface area contributed by atoms with Crippen molar-refractivity contribution in [2.24, 2.45) is 0 Å². The Morgan fingerprint density at radius 1 is 1.44 bits per heavy atom. The average molecular weight is 287 g/mol. The quantitative estimate of drug-likeness (QED) is 0.932. The molecular formula is C9H8BrFN4O. The van der Waals surface area contributed by atoms with Crippen LogP contribution in [0.5, 0.6) is 0 Å². The van der Waals surface area contributed by atoms with Crippen molar-refractivity contribution in [1.29, 1.82) is 0 Å². The molecule has 0 radical (unpaired) electrons. The van der Waals surface area contributed by atoms with Crippen LogP contribution in [0.25, 0.3) is 0 Å². The van der Waals surface area contributed by atoms with Gasteiger partial charge in [0.05, 0.1) is 0 Å². The minimum atomic E-state index is -0.403. The molecule has 0 aliphatic rings. The molecule has 2 aromatic rings. The van der Waals surface area contributed by atoms with Crippen LogP contribution >= 0.6 is 15.9 Å². The number of hydrogen-bond acceptors (Lipinski definition) is 5. The topological polar surface area (TPSA) is 63.8 Å². The van der Waals surface area contributed by atoms with Crippen molar-refractivity contribution in [2.75, 3.05) is 11.9 Å². The molecule has 16 heavy (non-hydrogen) atoms. The van der Waals surface area contributed by atoms with Gasteiger partial charge in [-0.1, -0.05) is 5.16 Å². The zero-order chi connectivity index (χ0) is 11.4. The fourth-order valence-electron chi connectivity index (χ4n) is 1.14. The molecule has 1 N–H and O–H groups in total. The maximum Gasteiger partial charge on any atom is 0.228 e. The Morgan fingerprint density at radius 3 is 3.00 bits per heavy atom. The number of pyridine rings is 1. The molecule has 0 amide bonds. The number of nitrogens with zero attached hydrogens (tertiary/aromatic N) is 3. The second-order valence-corrected chi connectivity index (χ2v) is 3.91. The van der Waals surface area contributed by atoms with Gasteiger partial charge in [0.2, 0.25) is 5.89 Å². The Hall–Kier alpha value is -1.50. The summed E-state index contributed by atoms with van der Waals surface area (Å²) in [4.78, 5) is 7.74. The van der Waals surface area contributed by atoms with Crippen molar-refractivity contribution in [1.82, 2.24) is 15.1 Å². The molecule has 2 heterocycles. The number of aromatic nitrogens is 3. The van der Waals surface area contributed by atoms with E-state index < -0.39 is 5.82 Å². The molecule has 0 saturated carbocycles. The highest BCUT2D eigenvalue weighted by atomic mass is 79.9. The lowest BCUT2D eigenvalue weighted by Crippen LogP contribution is -2.08. The van der Waals surface area contributed by atoms with Gasteiger partial charge in [-0.15, -0.1) is 0 Å². The molecule has 0 aromatic carbocycles. The fourth-order valence-corrected chi connectivity index (χ4v) is 1.44. The van der Waals surface area contributed by atoms with Gasteiger partial charge in [0.15, 0.2) is 18.0 Å². The highest BCUT2D eigenvalue weighted by Crippen LogP contribution is 2.15. The summed E-state index contributed by atoms with van der Waals surface area (Å²) in [5.74, 6) is 0.313. The first-order valence-electron chi connectivity index (χ1n) is 4.56. The van der Waals surface area contributed by atoms with Crippen molar-refractivity contribution in [3.63, 3.8) is 0 Å². The fraction of sp³-hybridized carbons (Fsp3) is 0.222. The normalized spacial score (nSPS) is 10.4. The van der Waals surface area contributed by atoms with E-state index in [1.807, 2.05) is 0 Å². The average Bonchev–Trinajstić information content (AvgIpc) is 2.74. The SMILES string of the molecule is Fc1cc(Br)cnc1NCCc1ncno1. The third-order valence-corrected chi connectivity index (χ3v) is 2.28. The van der Waals surface area contributed by atoms with Gasteiger partial charge in [-0.25, -0.2) is 9.37 Å². The molecule has 2 aromatic heterocycles.